The average molecular weight is 352 g/mol. The van der Waals surface area contributed by atoms with Gasteiger partial charge in [0.2, 0.25) is 0 Å². The molecule has 0 heterocycles. The average Bonchev–Trinajstić information content (AvgIpc) is 2.53. The second-order valence-corrected chi connectivity index (χ2v) is 6.28. The lowest BCUT2D eigenvalue weighted by atomic mass is 10.1. The van der Waals surface area contributed by atoms with Crippen molar-refractivity contribution in [3.05, 3.63) is 69.2 Å². The Hall–Kier alpha value is -1.55. The molecule has 1 N–H and O–H groups in total. The third-order valence-electron chi connectivity index (χ3n) is 3.30. The second-order valence-electron chi connectivity index (χ2n) is 5.44. The number of rotatable bonds is 6. The van der Waals surface area contributed by atoms with E-state index < -0.39 is 0 Å². The molecule has 3 nitrogen and oxygen atoms in total. The number of hydrogen-bond donors (Lipinski definition) is 1. The number of nitrogens with one attached hydrogen (secondary N) is 1. The van der Waals surface area contributed by atoms with Crippen LogP contribution in [0.4, 0.5) is 0 Å². The van der Waals surface area contributed by atoms with Gasteiger partial charge >= 0.3 is 0 Å². The first kappa shape index (κ1) is 17.8. The van der Waals surface area contributed by atoms with E-state index in [4.69, 9.17) is 27.9 Å². The van der Waals surface area contributed by atoms with Crippen LogP contribution in [0.15, 0.2) is 42.5 Å². The number of halogens is 2. The van der Waals surface area contributed by atoms with E-state index in [2.05, 4.69) is 5.32 Å². The molecule has 2 aromatic carbocycles. The van der Waals surface area contributed by atoms with Crippen molar-refractivity contribution >= 4 is 29.1 Å². The Morgan fingerprint density at radius 1 is 1.13 bits per heavy atom. The largest absolute Gasteiger partial charge is 0.374 e. The maximum absolute atomic E-state index is 12.3. The summed E-state index contributed by atoms with van der Waals surface area (Å²) in [6.45, 7) is 4.90. The molecule has 5 heteroatoms. The minimum atomic E-state index is -0.253. The summed E-state index contributed by atoms with van der Waals surface area (Å²) in [5.74, 6) is -0.253. The number of ether oxygens (including phenoxy) is 1. The maximum Gasteiger partial charge on any atom is 0.253 e. The first-order valence-corrected chi connectivity index (χ1v) is 8.14. The molecule has 0 aliphatic heterocycles. The van der Waals surface area contributed by atoms with Crippen molar-refractivity contribution in [2.75, 3.05) is 0 Å². The van der Waals surface area contributed by atoms with Gasteiger partial charge in [-0.3, -0.25) is 4.79 Å². The first-order valence-electron chi connectivity index (χ1n) is 7.39. The molecule has 0 fully saturated rings. The van der Waals surface area contributed by atoms with Crippen LogP contribution in [0.1, 0.15) is 35.3 Å². The van der Waals surface area contributed by atoms with Crippen LogP contribution in [0.25, 0.3) is 0 Å². The molecule has 0 aliphatic carbocycles. The minimum absolute atomic E-state index is 0.155. The molecule has 1 amide bonds. The van der Waals surface area contributed by atoms with Crippen LogP contribution < -0.4 is 5.32 Å². The predicted molar refractivity (Wildman–Crippen MR) is 94.0 cm³/mol. The Bertz CT molecular complexity index is 686. The lowest BCUT2D eigenvalue weighted by molar-refractivity contribution is 0.0651. The molecular formula is C18H19Cl2NO2. The molecule has 0 aromatic heterocycles. The molecule has 122 valence electrons. The number of carbonyl (C=O) groups is 1. The maximum atomic E-state index is 12.3. The van der Waals surface area contributed by atoms with Gasteiger partial charge in [0.1, 0.15) is 0 Å². The molecular weight excluding hydrogens is 333 g/mol. The zero-order chi connectivity index (χ0) is 16.8. The van der Waals surface area contributed by atoms with Gasteiger partial charge in [0.15, 0.2) is 0 Å². The van der Waals surface area contributed by atoms with Crippen molar-refractivity contribution in [3.63, 3.8) is 0 Å². The van der Waals surface area contributed by atoms with Crippen LogP contribution in [0.2, 0.25) is 10.0 Å². The summed E-state index contributed by atoms with van der Waals surface area (Å²) in [5, 5.41) is 3.73. The van der Waals surface area contributed by atoms with Crippen molar-refractivity contribution in [1.82, 2.24) is 5.32 Å². The molecule has 0 radical (unpaired) electrons. The molecule has 0 bridgehead atoms. The van der Waals surface area contributed by atoms with E-state index in [1.54, 1.807) is 18.2 Å². The summed E-state index contributed by atoms with van der Waals surface area (Å²) in [5.41, 5.74) is 2.44. The first-order chi connectivity index (χ1) is 11.0. The van der Waals surface area contributed by atoms with Crippen LogP contribution in [0.3, 0.4) is 0 Å². The summed E-state index contributed by atoms with van der Waals surface area (Å²) in [7, 11) is 0. The van der Waals surface area contributed by atoms with Crippen molar-refractivity contribution in [2.24, 2.45) is 0 Å². The van der Waals surface area contributed by atoms with Crippen LogP contribution in [0, 0.1) is 0 Å². The summed E-state index contributed by atoms with van der Waals surface area (Å²) in [6.07, 6.45) is 0.155. The summed E-state index contributed by atoms with van der Waals surface area (Å²) in [6, 6.07) is 12.7. The Labute approximate surface area is 146 Å². The standard InChI is InChI=1S/C18H19Cl2NO2/c1-12(2)23-11-14-6-4-3-5-13(14)10-21-18(22)16-9-15(19)7-8-17(16)20/h3-9,12H,10-11H2,1-2H3,(H,21,22). The molecule has 0 saturated heterocycles. The van der Waals surface area contributed by atoms with Gasteiger partial charge in [-0.25, -0.2) is 0 Å². The monoisotopic (exact) mass is 351 g/mol. The van der Waals surface area contributed by atoms with Crippen LogP contribution >= 0.6 is 23.2 Å². The predicted octanol–water partition coefficient (Wildman–Crippen LogP) is 4.85. The van der Waals surface area contributed by atoms with Gasteiger partial charge in [0.25, 0.3) is 5.91 Å². The molecule has 2 rings (SSSR count). The Morgan fingerprint density at radius 3 is 2.52 bits per heavy atom. The van der Waals surface area contributed by atoms with Gasteiger partial charge in [-0.05, 0) is 43.2 Å². The lowest BCUT2D eigenvalue weighted by Crippen LogP contribution is -2.24. The van der Waals surface area contributed by atoms with E-state index in [-0.39, 0.29) is 12.0 Å². The van der Waals surface area contributed by atoms with Gasteiger partial charge in [-0.1, -0.05) is 47.5 Å². The third-order valence-corrected chi connectivity index (χ3v) is 3.87. The fourth-order valence-corrected chi connectivity index (χ4v) is 2.44. The number of hydrogen-bond acceptors (Lipinski definition) is 2. The van der Waals surface area contributed by atoms with Crippen LogP contribution in [-0.4, -0.2) is 12.0 Å². The molecule has 2 aromatic rings. The summed E-state index contributed by atoms with van der Waals surface area (Å²) < 4.78 is 5.64. The van der Waals surface area contributed by atoms with Crippen molar-refractivity contribution in [3.8, 4) is 0 Å². The van der Waals surface area contributed by atoms with Gasteiger partial charge < -0.3 is 10.1 Å². The third kappa shape index (κ3) is 5.24. The highest BCUT2D eigenvalue weighted by atomic mass is 35.5. The SMILES string of the molecule is CC(C)OCc1ccccc1CNC(=O)c1cc(Cl)ccc1Cl. The zero-order valence-electron chi connectivity index (χ0n) is 13.1. The molecule has 0 saturated carbocycles. The van der Waals surface area contributed by atoms with E-state index in [9.17, 15) is 4.79 Å². The van der Waals surface area contributed by atoms with Crippen molar-refractivity contribution in [1.29, 1.82) is 0 Å². The topological polar surface area (TPSA) is 38.3 Å². The molecule has 0 aliphatic rings. The van der Waals surface area contributed by atoms with Crippen molar-refractivity contribution < 1.29 is 9.53 Å². The van der Waals surface area contributed by atoms with E-state index in [0.29, 0.717) is 28.8 Å². The Balaban J connectivity index is 2.06. The highest BCUT2D eigenvalue weighted by Gasteiger charge is 2.12. The fraction of sp³-hybridized carbons (Fsp3) is 0.278. The quantitative estimate of drug-likeness (QED) is 0.807. The van der Waals surface area contributed by atoms with Crippen LogP contribution in [-0.2, 0) is 17.9 Å². The summed E-state index contributed by atoms with van der Waals surface area (Å²) >= 11 is 12.0. The smallest absolute Gasteiger partial charge is 0.253 e. The lowest BCUT2D eigenvalue weighted by Gasteiger charge is -2.13. The summed E-state index contributed by atoms with van der Waals surface area (Å²) in [4.78, 5) is 12.3. The van der Waals surface area contributed by atoms with Gasteiger partial charge in [-0.15, -0.1) is 0 Å². The number of carbonyl (C=O) groups excluding carboxylic acids is 1. The van der Waals surface area contributed by atoms with Gasteiger partial charge in [0, 0.05) is 11.6 Å². The number of benzene rings is 2. The normalized spacial score (nSPS) is 10.8. The Kier molecular flexibility index (Phi) is 6.46. The van der Waals surface area contributed by atoms with Gasteiger partial charge in [-0.2, -0.15) is 0 Å². The second kappa shape index (κ2) is 8.34. The van der Waals surface area contributed by atoms with E-state index in [0.717, 1.165) is 11.1 Å². The Morgan fingerprint density at radius 2 is 1.83 bits per heavy atom. The van der Waals surface area contributed by atoms with Crippen molar-refractivity contribution in [2.45, 2.75) is 33.1 Å². The number of amides is 1. The fourth-order valence-electron chi connectivity index (χ4n) is 2.07. The van der Waals surface area contributed by atoms with Crippen LogP contribution in [0.5, 0.6) is 0 Å². The molecule has 0 unspecified atom stereocenters. The van der Waals surface area contributed by atoms with E-state index >= 15 is 0 Å². The molecule has 23 heavy (non-hydrogen) atoms. The van der Waals surface area contributed by atoms with E-state index in [1.165, 1.54) is 0 Å². The van der Waals surface area contributed by atoms with Gasteiger partial charge in [0.05, 0.1) is 23.3 Å². The zero-order valence-corrected chi connectivity index (χ0v) is 14.6. The minimum Gasteiger partial charge on any atom is -0.374 e. The highest BCUT2D eigenvalue weighted by Crippen LogP contribution is 2.20. The molecule has 0 spiro atoms. The molecule has 0 atom stereocenters. The van der Waals surface area contributed by atoms with E-state index in [1.807, 2.05) is 38.1 Å². The highest BCUT2D eigenvalue weighted by molar-refractivity contribution is 6.35.